The second kappa shape index (κ2) is 38.1. The van der Waals surface area contributed by atoms with E-state index in [-0.39, 0.29) is 24.8 Å². The zero-order valence-corrected chi connectivity index (χ0v) is 52.7. The first-order valence-electron chi connectivity index (χ1n) is 31.0. The van der Waals surface area contributed by atoms with E-state index in [1.807, 2.05) is 128 Å². The van der Waals surface area contributed by atoms with Crippen molar-refractivity contribution < 1.29 is 39.5 Å². The molecule has 452 valence electrons. The molecule has 0 saturated heterocycles. The normalized spacial score (nSPS) is 26.3. The molecule has 4 N–H and O–H groups in total. The van der Waals surface area contributed by atoms with Crippen molar-refractivity contribution in [3.8, 4) is 0 Å². The molecule has 0 heterocycles. The molecule has 0 aromatic heterocycles. The van der Waals surface area contributed by atoms with Gasteiger partial charge in [0.1, 0.15) is 23.4 Å². The number of esters is 2. The van der Waals surface area contributed by atoms with Gasteiger partial charge in [0.15, 0.2) is 0 Å². The summed E-state index contributed by atoms with van der Waals surface area (Å²) in [5.41, 5.74) is -3.73. The molecule has 0 aromatic rings. The summed E-state index contributed by atoms with van der Waals surface area (Å²) in [6.45, 7) is 23.3. The molecule has 6 atom stereocenters. The zero-order chi connectivity index (χ0) is 60.3. The van der Waals surface area contributed by atoms with E-state index in [1.165, 1.54) is 44.9 Å². The summed E-state index contributed by atoms with van der Waals surface area (Å²) in [6, 6.07) is 0. The lowest BCUT2D eigenvalue weighted by molar-refractivity contribution is -0.223. The Bertz CT molecular complexity index is 2270. The van der Waals surface area contributed by atoms with Crippen molar-refractivity contribution in [2.24, 2.45) is 10.8 Å². The molecule has 2 aliphatic rings. The molecule has 8 heteroatoms. The fourth-order valence-electron chi connectivity index (χ4n) is 11.0. The van der Waals surface area contributed by atoms with Gasteiger partial charge in [-0.3, -0.25) is 9.59 Å². The Balaban J connectivity index is 1.83. The minimum Gasteiger partial charge on any atom is -0.462 e. The molecule has 8 nitrogen and oxygen atoms in total. The van der Waals surface area contributed by atoms with Crippen LogP contribution >= 0.6 is 0 Å². The number of aliphatic hydroxyl groups is 4. The SMILES string of the molecule is CC/C=C\C/C=C\C/C=C\C/C=C\CCCC(=O)O[C@H]1CC(C)(C)[C@](O)(/C=C/C(C)=C/C=C/C(C)=C/C=C/C=C(C)/C=C/C=C(C)/C=C/[C@@]2(O)C(C)(C)C[C@H](OC(=O)CCCCCCC/C=C/CCCCCC)C[C@@]2(C)O)[C@](C)(O)C1. The number of carbonyl (C=O) groups excluding carboxylic acids is 2. The maximum absolute atomic E-state index is 12.8. The highest BCUT2D eigenvalue weighted by molar-refractivity contribution is 5.70. The summed E-state index contributed by atoms with van der Waals surface area (Å²) < 4.78 is 11.8. The average Bonchev–Trinajstić information content (AvgIpc) is 3.24. The smallest absolute Gasteiger partial charge is 0.306 e. The molecule has 81 heavy (non-hydrogen) atoms. The standard InChI is InChI=1S/C73H112O8/c1-13-15-17-19-21-23-25-27-29-31-33-35-37-39-51-67(75)81-65-57-69(9,10)73(79,71(12,77)59-65)55-53-63(6)49-43-47-61(4)45-41-40-44-60(3)46-42-48-62(5)52-54-72(78)68(7,8)56-64(58-70(72,11)76)80-66(74)50-38-36-34-32-30-28-26-24-22-20-18-16-14-2/h15,17,21,23-24,26-27,29,33,35,40-49,52-55,64-65,76-79H,13-14,16,18-20,22,25,28,30-32,34,36-39,50-51,56-59H2,1-12H3/b17-15-,23-21-,26-24+,29-27-,35-33-,41-40+,46-42+,47-43+,54-52+,55-53+,60-44+,61-45+,62-48+,63-49+/t64-,65-,70+,71+,72+,73+/m0/s1. The summed E-state index contributed by atoms with van der Waals surface area (Å²) in [4.78, 5) is 25.7. The summed E-state index contributed by atoms with van der Waals surface area (Å²) >= 11 is 0. The number of allylic oxidation sites excluding steroid dienone is 26. The largest absolute Gasteiger partial charge is 0.462 e. The number of rotatable bonds is 36. The first kappa shape index (κ1) is 72.2. The van der Waals surface area contributed by atoms with Gasteiger partial charge >= 0.3 is 11.9 Å². The Kier molecular flexibility index (Phi) is 34.0. The predicted octanol–water partition coefficient (Wildman–Crippen LogP) is 18.2. The first-order chi connectivity index (χ1) is 38.3. The van der Waals surface area contributed by atoms with E-state index in [4.69, 9.17) is 9.47 Å². The summed E-state index contributed by atoms with van der Waals surface area (Å²) in [7, 11) is 0. The average molecular weight is 1120 g/mol. The van der Waals surface area contributed by atoms with Crippen LogP contribution in [0.4, 0.5) is 0 Å². The highest BCUT2D eigenvalue weighted by Gasteiger charge is 2.60. The van der Waals surface area contributed by atoms with E-state index < -0.39 is 45.4 Å². The minimum absolute atomic E-state index is 0.138. The maximum atomic E-state index is 12.8. The van der Waals surface area contributed by atoms with E-state index in [0.717, 1.165) is 80.1 Å². The molecule has 0 amide bonds. The van der Waals surface area contributed by atoms with Crippen LogP contribution in [0.5, 0.6) is 0 Å². The van der Waals surface area contributed by atoms with Crippen molar-refractivity contribution in [2.45, 2.75) is 265 Å². The molecule has 0 radical (unpaired) electrons. The quantitative estimate of drug-likeness (QED) is 0.0211. The van der Waals surface area contributed by atoms with Crippen molar-refractivity contribution in [3.63, 3.8) is 0 Å². The van der Waals surface area contributed by atoms with Crippen LogP contribution in [-0.4, -0.2) is 67.0 Å². The van der Waals surface area contributed by atoms with Crippen LogP contribution in [0, 0.1) is 10.8 Å². The molecule has 0 aromatic carbocycles. The van der Waals surface area contributed by atoms with Crippen molar-refractivity contribution >= 4 is 11.9 Å². The second-order valence-electron chi connectivity index (χ2n) is 24.8. The van der Waals surface area contributed by atoms with Crippen LogP contribution in [0.1, 0.15) is 231 Å². The predicted molar refractivity (Wildman–Crippen MR) is 342 cm³/mol. The molecule has 0 bridgehead atoms. The molecule has 0 aliphatic heterocycles. The monoisotopic (exact) mass is 1120 g/mol. The fraction of sp³-hybridized carbons (Fsp3) is 0.589. The van der Waals surface area contributed by atoms with Gasteiger partial charge in [0.05, 0.1) is 11.2 Å². The molecular weight excluding hydrogens is 1000 g/mol. The van der Waals surface area contributed by atoms with E-state index in [1.54, 1.807) is 26.0 Å². The summed E-state index contributed by atoms with van der Waals surface area (Å²) in [5.74, 6) is -0.508. The molecule has 2 aliphatic carbocycles. The van der Waals surface area contributed by atoms with Gasteiger partial charge in [-0.05, 0) is 137 Å². The third-order valence-corrected chi connectivity index (χ3v) is 16.1. The van der Waals surface area contributed by atoms with Gasteiger partial charge in [-0.2, -0.15) is 0 Å². The number of ether oxygens (including phenoxy) is 2. The molecule has 2 rings (SSSR count). The lowest BCUT2D eigenvalue weighted by atomic mass is 9.57. The highest BCUT2D eigenvalue weighted by Crippen LogP contribution is 2.52. The van der Waals surface area contributed by atoms with E-state index in [0.29, 0.717) is 32.1 Å². The van der Waals surface area contributed by atoms with Crippen LogP contribution in [0.2, 0.25) is 0 Å². The van der Waals surface area contributed by atoms with E-state index in [2.05, 4.69) is 74.6 Å². The number of carbonyl (C=O) groups is 2. The van der Waals surface area contributed by atoms with Crippen LogP contribution in [0.3, 0.4) is 0 Å². The fourth-order valence-corrected chi connectivity index (χ4v) is 11.0. The van der Waals surface area contributed by atoms with Crippen LogP contribution < -0.4 is 0 Å². The van der Waals surface area contributed by atoms with Gasteiger partial charge in [-0.25, -0.2) is 0 Å². The molecule has 0 spiro atoms. The van der Waals surface area contributed by atoms with Crippen molar-refractivity contribution in [3.05, 3.63) is 168 Å². The number of unbranched alkanes of at least 4 members (excludes halogenated alkanes) is 10. The Morgan fingerprint density at radius 1 is 0.420 bits per heavy atom. The molecular formula is C73H112O8. The molecule has 2 saturated carbocycles. The first-order valence-corrected chi connectivity index (χ1v) is 31.0. The maximum Gasteiger partial charge on any atom is 0.306 e. The zero-order valence-electron chi connectivity index (χ0n) is 52.7. The lowest BCUT2D eigenvalue weighted by Gasteiger charge is -2.55. The van der Waals surface area contributed by atoms with Crippen LogP contribution in [-0.2, 0) is 19.1 Å². The van der Waals surface area contributed by atoms with E-state index >= 15 is 0 Å². The topological polar surface area (TPSA) is 134 Å². The van der Waals surface area contributed by atoms with Gasteiger partial charge in [0.2, 0.25) is 0 Å². The number of hydrogen-bond acceptors (Lipinski definition) is 8. The Labute approximate surface area is 493 Å². The third kappa shape index (κ3) is 27.4. The Hall–Kier alpha value is -4.86. The van der Waals surface area contributed by atoms with Crippen molar-refractivity contribution in [1.82, 2.24) is 0 Å². The summed E-state index contributed by atoms with van der Waals surface area (Å²) in [6.07, 6.45) is 67.9. The molecule has 2 fully saturated rings. The van der Waals surface area contributed by atoms with Gasteiger partial charge in [-0.15, -0.1) is 0 Å². The van der Waals surface area contributed by atoms with Gasteiger partial charge in [0.25, 0.3) is 0 Å². The van der Waals surface area contributed by atoms with Gasteiger partial charge in [-0.1, -0.05) is 236 Å². The minimum atomic E-state index is -1.55. The van der Waals surface area contributed by atoms with E-state index in [9.17, 15) is 30.0 Å². The lowest BCUT2D eigenvalue weighted by Crippen LogP contribution is -2.65. The Morgan fingerprint density at radius 2 is 0.765 bits per heavy atom. The second-order valence-corrected chi connectivity index (χ2v) is 24.8. The van der Waals surface area contributed by atoms with Crippen LogP contribution in [0.25, 0.3) is 0 Å². The molecule has 0 unspecified atom stereocenters. The van der Waals surface area contributed by atoms with Gasteiger partial charge in [0, 0.05) is 36.5 Å². The third-order valence-electron chi connectivity index (χ3n) is 16.1. The number of hydrogen-bond donors (Lipinski definition) is 4. The highest BCUT2D eigenvalue weighted by atomic mass is 16.5. The van der Waals surface area contributed by atoms with Crippen molar-refractivity contribution in [2.75, 3.05) is 0 Å². The van der Waals surface area contributed by atoms with Gasteiger partial charge < -0.3 is 29.9 Å². The Morgan fingerprint density at radius 3 is 1.20 bits per heavy atom. The van der Waals surface area contributed by atoms with Crippen molar-refractivity contribution in [1.29, 1.82) is 0 Å². The summed E-state index contributed by atoms with van der Waals surface area (Å²) in [5, 5.41) is 47.3. The van der Waals surface area contributed by atoms with Crippen LogP contribution in [0.15, 0.2) is 168 Å².